The van der Waals surface area contributed by atoms with Crippen molar-refractivity contribution in [2.24, 2.45) is 0 Å². The molecule has 0 amide bonds. The van der Waals surface area contributed by atoms with E-state index in [2.05, 4.69) is 4.72 Å². The van der Waals surface area contributed by atoms with Gasteiger partial charge in [0.25, 0.3) is 0 Å². The first kappa shape index (κ1) is 21.6. The molecule has 1 N–H and O–H groups in total. The summed E-state index contributed by atoms with van der Waals surface area (Å²) in [6.07, 6.45) is -0.179. The lowest BCUT2D eigenvalue weighted by Gasteiger charge is -2.08. The van der Waals surface area contributed by atoms with Crippen molar-refractivity contribution < 1.29 is 27.5 Å². The van der Waals surface area contributed by atoms with Gasteiger partial charge >= 0.3 is 5.97 Å². The van der Waals surface area contributed by atoms with E-state index in [-0.39, 0.29) is 23.6 Å². The highest BCUT2D eigenvalue weighted by Crippen LogP contribution is 2.13. The first-order valence-corrected chi connectivity index (χ1v) is 10.3. The quantitative estimate of drug-likeness (QED) is 0.482. The van der Waals surface area contributed by atoms with Crippen LogP contribution in [0.25, 0.3) is 0 Å². The molecule has 0 atom stereocenters. The third kappa shape index (κ3) is 6.47. The first-order valence-electron chi connectivity index (χ1n) is 8.80. The van der Waals surface area contributed by atoms with E-state index in [4.69, 9.17) is 9.47 Å². The van der Waals surface area contributed by atoms with Gasteiger partial charge in [0.2, 0.25) is 10.0 Å². The molecule has 0 aliphatic rings. The average Bonchev–Trinajstić information content (AvgIpc) is 2.67. The van der Waals surface area contributed by atoms with E-state index in [9.17, 15) is 18.0 Å². The molecule has 8 heteroatoms. The fraction of sp³-hybridized carbons (Fsp3) is 0.300. The molecule has 0 unspecified atom stereocenters. The number of ketones is 1. The molecule has 0 aromatic heterocycles. The van der Waals surface area contributed by atoms with E-state index in [1.165, 1.54) is 12.1 Å². The molecule has 150 valence electrons. The van der Waals surface area contributed by atoms with E-state index >= 15 is 0 Å². The molecule has 7 nitrogen and oxygen atoms in total. The molecule has 0 heterocycles. The lowest BCUT2D eigenvalue weighted by atomic mass is 10.1. The van der Waals surface area contributed by atoms with Gasteiger partial charge in [0.15, 0.2) is 12.4 Å². The minimum absolute atomic E-state index is 0.119. The van der Waals surface area contributed by atoms with Gasteiger partial charge in [-0.3, -0.25) is 9.59 Å². The average molecular weight is 405 g/mol. The molecule has 2 aromatic carbocycles. The van der Waals surface area contributed by atoms with Crippen LogP contribution >= 0.6 is 0 Å². The Morgan fingerprint density at radius 1 is 1.00 bits per heavy atom. The maximum absolute atomic E-state index is 12.1. The zero-order valence-corrected chi connectivity index (χ0v) is 16.6. The standard InChI is InChI=1S/C20H23NO6S/c1-3-26-17-8-6-16(7-9-17)19(22)14-27-20(23)12-13-21-28(24,25)18-10-4-15(2)5-11-18/h4-11,21H,3,12-14H2,1-2H3. The summed E-state index contributed by atoms with van der Waals surface area (Å²) in [6.45, 7) is 3.72. The number of nitrogens with one attached hydrogen (secondary N) is 1. The van der Waals surface area contributed by atoms with Crippen molar-refractivity contribution in [1.82, 2.24) is 4.72 Å². The van der Waals surface area contributed by atoms with Gasteiger partial charge in [-0.2, -0.15) is 0 Å². The van der Waals surface area contributed by atoms with Gasteiger partial charge < -0.3 is 9.47 Å². The highest BCUT2D eigenvalue weighted by Gasteiger charge is 2.15. The maximum Gasteiger partial charge on any atom is 0.307 e. The van der Waals surface area contributed by atoms with Crippen LogP contribution in [0.1, 0.15) is 29.3 Å². The molecule has 0 aliphatic heterocycles. The van der Waals surface area contributed by atoms with E-state index in [0.717, 1.165) is 5.56 Å². The molecular formula is C20H23NO6S. The lowest BCUT2D eigenvalue weighted by Crippen LogP contribution is -2.27. The number of aryl methyl sites for hydroxylation is 1. The van der Waals surface area contributed by atoms with Crippen LogP contribution in [-0.4, -0.2) is 39.9 Å². The van der Waals surface area contributed by atoms with Gasteiger partial charge in [0, 0.05) is 12.1 Å². The number of rotatable bonds is 10. The fourth-order valence-corrected chi connectivity index (χ4v) is 3.33. The van der Waals surface area contributed by atoms with Crippen molar-refractivity contribution in [3.63, 3.8) is 0 Å². The topological polar surface area (TPSA) is 98.8 Å². The predicted octanol–water partition coefficient (Wildman–Crippen LogP) is 2.49. The number of ether oxygens (including phenoxy) is 2. The Labute approximate surface area is 164 Å². The van der Waals surface area contributed by atoms with Crippen LogP contribution in [0.5, 0.6) is 5.75 Å². The van der Waals surface area contributed by atoms with Crippen molar-refractivity contribution in [2.75, 3.05) is 19.8 Å². The molecule has 0 saturated carbocycles. The van der Waals surface area contributed by atoms with E-state index < -0.39 is 22.6 Å². The van der Waals surface area contributed by atoms with Crippen LogP contribution in [0.3, 0.4) is 0 Å². The zero-order chi connectivity index (χ0) is 20.6. The summed E-state index contributed by atoms with van der Waals surface area (Å²) in [5.74, 6) is -0.362. The molecule has 0 bridgehead atoms. The van der Waals surface area contributed by atoms with E-state index in [0.29, 0.717) is 17.9 Å². The highest BCUT2D eigenvalue weighted by atomic mass is 32.2. The molecule has 2 rings (SSSR count). The number of carbonyl (C=O) groups is 2. The Kier molecular flexibility index (Phi) is 7.71. The van der Waals surface area contributed by atoms with Crippen LogP contribution in [0, 0.1) is 6.92 Å². The number of sulfonamides is 1. The summed E-state index contributed by atoms with van der Waals surface area (Å²) < 4.78 is 36.8. The smallest absolute Gasteiger partial charge is 0.307 e. The Bertz CT molecular complexity index is 905. The SMILES string of the molecule is CCOc1ccc(C(=O)COC(=O)CCNS(=O)(=O)c2ccc(C)cc2)cc1. The van der Waals surface area contributed by atoms with Gasteiger partial charge in [-0.1, -0.05) is 17.7 Å². The number of carbonyl (C=O) groups excluding carboxylic acids is 2. The number of hydrogen-bond donors (Lipinski definition) is 1. The van der Waals surface area contributed by atoms with Gasteiger partial charge in [0.1, 0.15) is 5.75 Å². The van der Waals surface area contributed by atoms with Gasteiger partial charge in [-0.25, -0.2) is 13.1 Å². The van der Waals surface area contributed by atoms with Crippen LogP contribution < -0.4 is 9.46 Å². The molecule has 2 aromatic rings. The second-order valence-electron chi connectivity index (χ2n) is 6.00. The van der Waals surface area contributed by atoms with E-state index in [1.807, 2.05) is 13.8 Å². The number of hydrogen-bond acceptors (Lipinski definition) is 6. The summed E-state index contributed by atoms with van der Waals surface area (Å²) in [7, 11) is -3.69. The number of Topliss-reactive ketones (excluding diaryl/α,β-unsaturated/α-hetero) is 1. The van der Waals surface area contributed by atoms with Crippen LogP contribution in [0.15, 0.2) is 53.4 Å². The summed E-state index contributed by atoms with van der Waals surface area (Å²) >= 11 is 0. The molecule has 28 heavy (non-hydrogen) atoms. The zero-order valence-electron chi connectivity index (χ0n) is 15.8. The third-order valence-electron chi connectivity index (χ3n) is 3.80. The molecule has 0 saturated heterocycles. The summed E-state index contributed by atoms with van der Waals surface area (Å²) in [4.78, 5) is 23.9. The fourth-order valence-electron chi connectivity index (χ4n) is 2.29. The van der Waals surface area contributed by atoms with Gasteiger partial charge in [0.05, 0.1) is 17.9 Å². The number of esters is 1. The van der Waals surface area contributed by atoms with Crippen LogP contribution in [0.4, 0.5) is 0 Å². The number of benzene rings is 2. The minimum Gasteiger partial charge on any atom is -0.494 e. The monoisotopic (exact) mass is 405 g/mol. The summed E-state index contributed by atoms with van der Waals surface area (Å²) in [5, 5.41) is 0. The summed E-state index contributed by atoms with van der Waals surface area (Å²) in [6, 6.07) is 12.9. The van der Waals surface area contributed by atoms with Crippen LogP contribution in [0.2, 0.25) is 0 Å². The summed E-state index contributed by atoms with van der Waals surface area (Å²) in [5.41, 5.74) is 1.34. The van der Waals surface area contributed by atoms with Crippen molar-refractivity contribution in [3.8, 4) is 5.75 Å². The second-order valence-corrected chi connectivity index (χ2v) is 7.77. The van der Waals surface area contributed by atoms with Crippen molar-refractivity contribution >= 4 is 21.8 Å². The molecule has 0 fully saturated rings. The van der Waals surface area contributed by atoms with Gasteiger partial charge in [-0.15, -0.1) is 0 Å². The Morgan fingerprint density at radius 3 is 2.25 bits per heavy atom. The molecule has 0 radical (unpaired) electrons. The van der Waals surface area contributed by atoms with Gasteiger partial charge in [-0.05, 0) is 50.2 Å². The first-order chi connectivity index (χ1) is 13.3. The Hall–Kier alpha value is -2.71. The normalized spacial score (nSPS) is 11.1. The van der Waals surface area contributed by atoms with E-state index in [1.54, 1.807) is 36.4 Å². The third-order valence-corrected chi connectivity index (χ3v) is 5.28. The largest absolute Gasteiger partial charge is 0.494 e. The van der Waals surface area contributed by atoms with Crippen molar-refractivity contribution in [2.45, 2.75) is 25.2 Å². The second kappa shape index (κ2) is 10.0. The molecule has 0 aliphatic carbocycles. The predicted molar refractivity (Wildman–Crippen MR) is 104 cm³/mol. The molecule has 0 spiro atoms. The van der Waals surface area contributed by atoms with Crippen molar-refractivity contribution in [3.05, 3.63) is 59.7 Å². The highest BCUT2D eigenvalue weighted by molar-refractivity contribution is 7.89. The minimum atomic E-state index is -3.69. The molecular weight excluding hydrogens is 382 g/mol. The Morgan fingerprint density at radius 2 is 1.64 bits per heavy atom. The van der Waals surface area contributed by atoms with Crippen molar-refractivity contribution in [1.29, 1.82) is 0 Å². The Balaban J connectivity index is 1.76. The maximum atomic E-state index is 12.1. The lowest BCUT2D eigenvalue weighted by molar-refractivity contribution is -0.142. The van der Waals surface area contributed by atoms with Crippen LogP contribution in [-0.2, 0) is 19.6 Å².